The Morgan fingerprint density at radius 3 is 2.56 bits per heavy atom. The topological polar surface area (TPSA) is 55.4 Å². The van der Waals surface area contributed by atoms with E-state index in [-0.39, 0.29) is 6.42 Å². The number of cyclic esters (lactones) is 2. The predicted octanol–water partition coefficient (Wildman–Crippen LogP) is -0.952. The lowest BCUT2D eigenvalue weighted by molar-refractivity contribution is -0.152. The van der Waals surface area contributed by atoms with Crippen molar-refractivity contribution in [2.45, 2.75) is 12.5 Å². The molecule has 4 heteroatoms. The highest BCUT2D eigenvalue weighted by Crippen LogP contribution is 2.05. The van der Waals surface area contributed by atoms with E-state index < -0.39 is 18.0 Å². The Labute approximate surface area is 52.2 Å². The lowest BCUT2D eigenvalue weighted by Crippen LogP contribution is -2.29. The van der Waals surface area contributed by atoms with Gasteiger partial charge < -0.3 is 10.1 Å². The number of ether oxygens (including phenoxy) is 1. The second-order valence-electron chi connectivity index (χ2n) is 1.84. The third kappa shape index (κ3) is 1.08. The zero-order valence-corrected chi connectivity index (χ0v) is 5.01. The van der Waals surface area contributed by atoms with Crippen molar-refractivity contribution >= 4 is 11.9 Å². The van der Waals surface area contributed by atoms with E-state index in [1.54, 1.807) is 7.05 Å². The molecule has 1 N–H and O–H groups in total. The van der Waals surface area contributed by atoms with Crippen molar-refractivity contribution in [3.05, 3.63) is 0 Å². The summed E-state index contributed by atoms with van der Waals surface area (Å²) in [6, 6.07) is -0.419. The molecule has 0 amide bonds. The van der Waals surface area contributed by atoms with E-state index in [2.05, 4.69) is 10.1 Å². The van der Waals surface area contributed by atoms with Gasteiger partial charge in [0, 0.05) is 0 Å². The number of nitrogens with one attached hydrogen (secondary N) is 1. The summed E-state index contributed by atoms with van der Waals surface area (Å²) < 4.78 is 4.22. The normalized spacial score (nSPS) is 26.6. The number of carbonyl (C=O) groups is 2. The van der Waals surface area contributed by atoms with Gasteiger partial charge in [0.25, 0.3) is 0 Å². The molecule has 1 aliphatic rings. The van der Waals surface area contributed by atoms with Gasteiger partial charge in [0.1, 0.15) is 6.04 Å². The molecule has 0 aromatic rings. The van der Waals surface area contributed by atoms with Gasteiger partial charge in [-0.25, -0.2) is 4.79 Å². The predicted molar refractivity (Wildman–Crippen MR) is 28.6 cm³/mol. The molecule has 0 saturated carbocycles. The fourth-order valence-electron chi connectivity index (χ4n) is 0.695. The second kappa shape index (κ2) is 2.14. The number of rotatable bonds is 1. The lowest BCUT2D eigenvalue weighted by Gasteiger charge is -1.97. The quantitative estimate of drug-likeness (QED) is 0.366. The Balaban J connectivity index is 2.58. The SMILES string of the molecule is CN[C@@H]1CC(=O)OC1=O. The van der Waals surface area contributed by atoms with Crippen molar-refractivity contribution in [2.75, 3.05) is 7.05 Å². The van der Waals surface area contributed by atoms with Gasteiger partial charge in [0.05, 0.1) is 6.42 Å². The highest BCUT2D eigenvalue weighted by atomic mass is 16.6. The van der Waals surface area contributed by atoms with Gasteiger partial charge in [0.15, 0.2) is 0 Å². The van der Waals surface area contributed by atoms with Crippen LogP contribution >= 0.6 is 0 Å². The minimum Gasteiger partial charge on any atom is -0.392 e. The molecular formula is C5H7NO3. The molecule has 0 aromatic carbocycles. The average molecular weight is 129 g/mol. The maximum absolute atomic E-state index is 10.5. The Morgan fingerprint density at radius 2 is 2.33 bits per heavy atom. The van der Waals surface area contributed by atoms with Crippen LogP contribution in [0.1, 0.15) is 6.42 Å². The lowest BCUT2D eigenvalue weighted by atomic mass is 10.2. The van der Waals surface area contributed by atoms with E-state index in [4.69, 9.17) is 0 Å². The van der Waals surface area contributed by atoms with E-state index >= 15 is 0 Å². The molecule has 1 aliphatic heterocycles. The van der Waals surface area contributed by atoms with Crippen LogP contribution in [0.2, 0.25) is 0 Å². The molecule has 1 saturated heterocycles. The van der Waals surface area contributed by atoms with Gasteiger partial charge in [-0.15, -0.1) is 0 Å². The second-order valence-corrected chi connectivity index (χ2v) is 1.84. The first-order chi connectivity index (χ1) is 4.24. The summed E-state index contributed by atoms with van der Waals surface area (Å²) in [5.74, 6) is -0.915. The van der Waals surface area contributed by atoms with Crippen LogP contribution in [0.25, 0.3) is 0 Å². The molecule has 4 nitrogen and oxygen atoms in total. The average Bonchev–Trinajstić information content (AvgIpc) is 2.10. The minimum absolute atomic E-state index is 0.162. The van der Waals surface area contributed by atoms with Crippen molar-refractivity contribution in [3.8, 4) is 0 Å². The number of esters is 2. The van der Waals surface area contributed by atoms with Crippen molar-refractivity contribution < 1.29 is 14.3 Å². The summed E-state index contributed by atoms with van der Waals surface area (Å²) in [5, 5.41) is 2.65. The first kappa shape index (κ1) is 6.22. The molecular weight excluding hydrogens is 122 g/mol. The van der Waals surface area contributed by atoms with E-state index in [0.29, 0.717) is 0 Å². The standard InChI is InChI=1S/C5H7NO3/c1-6-3-2-4(7)9-5(3)8/h3,6H,2H2,1H3/t3-/m1/s1. The van der Waals surface area contributed by atoms with Gasteiger partial charge >= 0.3 is 11.9 Å². The molecule has 1 heterocycles. The van der Waals surface area contributed by atoms with E-state index in [0.717, 1.165) is 0 Å². The van der Waals surface area contributed by atoms with Gasteiger partial charge in [0.2, 0.25) is 0 Å². The molecule has 0 aliphatic carbocycles. The summed E-state index contributed by atoms with van der Waals surface area (Å²) in [4.78, 5) is 20.8. The Kier molecular flexibility index (Phi) is 1.48. The highest BCUT2D eigenvalue weighted by Gasteiger charge is 2.31. The third-order valence-electron chi connectivity index (χ3n) is 1.22. The van der Waals surface area contributed by atoms with Gasteiger partial charge in [-0.3, -0.25) is 4.79 Å². The van der Waals surface area contributed by atoms with Gasteiger partial charge in [-0.2, -0.15) is 0 Å². The Morgan fingerprint density at radius 1 is 1.67 bits per heavy atom. The number of hydrogen-bond acceptors (Lipinski definition) is 4. The van der Waals surface area contributed by atoms with E-state index in [9.17, 15) is 9.59 Å². The molecule has 1 atom stereocenters. The van der Waals surface area contributed by atoms with Crippen LogP contribution < -0.4 is 5.32 Å². The summed E-state index contributed by atoms with van der Waals surface area (Å²) in [6.07, 6.45) is 0.162. The van der Waals surface area contributed by atoms with Crippen molar-refractivity contribution in [2.24, 2.45) is 0 Å². The monoisotopic (exact) mass is 129 g/mol. The van der Waals surface area contributed by atoms with Crippen LogP contribution in [-0.4, -0.2) is 25.0 Å². The van der Waals surface area contributed by atoms with Crippen LogP contribution in [0, 0.1) is 0 Å². The maximum Gasteiger partial charge on any atom is 0.331 e. The fraction of sp³-hybridized carbons (Fsp3) is 0.600. The largest absolute Gasteiger partial charge is 0.392 e. The molecule has 0 radical (unpaired) electrons. The molecule has 1 rings (SSSR count). The third-order valence-corrected chi connectivity index (χ3v) is 1.22. The molecule has 9 heavy (non-hydrogen) atoms. The summed E-state index contributed by atoms with van der Waals surface area (Å²) in [6.45, 7) is 0. The molecule has 50 valence electrons. The summed E-state index contributed by atoms with van der Waals surface area (Å²) >= 11 is 0. The zero-order valence-electron chi connectivity index (χ0n) is 5.01. The van der Waals surface area contributed by atoms with Crippen LogP contribution in [-0.2, 0) is 14.3 Å². The number of carbonyl (C=O) groups excluding carboxylic acids is 2. The Hall–Kier alpha value is -0.900. The number of likely N-dealkylation sites (N-methyl/N-ethyl adjacent to an activating group) is 1. The fourth-order valence-corrected chi connectivity index (χ4v) is 0.695. The molecule has 0 unspecified atom stereocenters. The molecule has 0 bridgehead atoms. The Bertz CT molecular complexity index is 154. The van der Waals surface area contributed by atoms with Gasteiger partial charge in [-0.05, 0) is 7.05 Å². The van der Waals surface area contributed by atoms with Crippen molar-refractivity contribution in [3.63, 3.8) is 0 Å². The van der Waals surface area contributed by atoms with Crippen LogP contribution in [0.5, 0.6) is 0 Å². The van der Waals surface area contributed by atoms with Crippen LogP contribution in [0.4, 0.5) is 0 Å². The molecule has 0 spiro atoms. The van der Waals surface area contributed by atoms with Crippen molar-refractivity contribution in [1.29, 1.82) is 0 Å². The minimum atomic E-state index is -0.470. The molecule has 1 fully saturated rings. The van der Waals surface area contributed by atoms with Crippen LogP contribution in [0.3, 0.4) is 0 Å². The summed E-state index contributed by atoms with van der Waals surface area (Å²) in [5.41, 5.74) is 0. The van der Waals surface area contributed by atoms with Crippen LogP contribution in [0.15, 0.2) is 0 Å². The maximum atomic E-state index is 10.5. The first-order valence-electron chi connectivity index (χ1n) is 2.66. The van der Waals surface area contributed by atoms with Crippen molar-refractivity contribution in [1.82, 2.24) is 5.32 Å². The molecule has 0 aromatic heterocycles. The highest BCUT2D eigenvalue weighted by molar-refractivity contribution is 5.96. The smallest absolute Gasteiger partial charge is 0.331 e. The number of hydrogen-bond donors (Lipinski definition) is 1. The van der Waals surface area contributed by atoms with E-state index in [1.807, 2.05) is 0 Å². The van der Waals surface area contributed by atoms with Gasteiger partial charge in [-0.1, -0.05) is 0 Å². The summed E-state index contributed by atoms with van der Waals surface area (Å²) in [7, 11) is 1.62. The first-order valence-corrected chi connectivity index (χ1v) is 2.66. The zero-order chi connectivity index (χ0) is 6.85. The van der Waals surface area contributed by atoms with E-state index in [1.165, 1.54) is 0 Å².